The van der Waals surface area contributed by atoms with E-state index in [-0.39, 0.29) is 11.5 Å². The number of halogens is 1. The van der Waals surface area contributed by atoms with Gasteiger partial charge >= 0.3 is 0 Å². The largest absolute Gasteiger partial charge is 0.378 e. The summed E-state index contributed by atoms with van der Waals surface area (Å²) in [6, 6.07) is 4.50. The predicted molar refractivity (Wildman–Crippen MR) is 100 cm³/mol. The Kier molecular flexibility index (Phi) is 4.16. The summed E-state index contributed by atoms with van der Waals surface area (Å²) in [6.07, 6.45) is 3.81. The van der Waals surface area contributed by atoms with Gasteiger partial charge in [0.15, 0.2) is 5.82 Å². The number of rotatable bonds is 4. The van der Waals surface area contributed by atoms with Gasteiger partial charge in [-0.3, -0.25) is 9.89 Å². The van der Waals surface area contributed by atoms with Crippen molar-refractivity contribution in [3.05, 3.63) is 41.6 Å². The molecule has 1 aliphatic carbocycles. The maximum atomic E-state index is 14.7. The van der Waals surface area contributed by atoms with Gasteiger partial charge in [0.05, 0.1) is 25.0 Å². The predicted octanol–water partition coefficient (Wildman–Crippen LogP) is 2.59. The zero-order valence-electron chi connectivity index (χ0n) is 15.1. The van der Waals surface area contributed by atoms with Gasteiger partial charge in [-0.25, -0.2) is 14.4 Å². The molecule has 1 aliphatic heterocycles. The van der Waals surface area contributed by atoms with E-state index >= 15 is 0 Å². The smallest absolute Gasteiger partial charge is 0.256 e. The first kappa shape index (κ1) is 17.1. The van der Waals surface area contributed by atoms with Crippen LogP contribution in [0.1, 0.15) is 34.9 Å². The van der Waals surface area contributed by atoms with Crippen LogP contribution < -0.4 is 5.32 Å². The Morgan fingerprint density at radius 1 is 1.25 bits per heavy atom. The number of hydrogen-bond acceptors (Lipinski definition) is 6. The van der Waals surface area contributed by atoms with Crippen LogP contribution in [-0.4, -0.2) is 57.3 Å². The van der Waals surface area contributed by atoms with Gasteiger partial charge in [-0.2, -0.15) is 5.10 Å². The van der Waals surface area contributed by atoms with E-state index < -0.39 is 5.82 Å². The second-order valence-electron chi connectivity index (χ2n) is 7.06. The first-order chi connectivity index (χ1) is 13.7. The zero-order chi connectivity index (χ0) is 19.1. The third-order valence-electron chi connectivity index (χ3n) is 5.02. The Balaban J connectivity index is 1.42. The van der Waals surface area contributed by atoms with Crippen LogP contribution in [0.4, 0.5) is 15.9 Å². The van der Waals surface area contributed by atoms with Crippen LogP contribution in [0.5, 0.6) is 0 Å². The van der Waals surface area contributed by atoms with E-state index in [1.807, 2.05) is 0 Å². The molecule has 144 valence electrons. The molecule has 1 saturated carbocycles. The standard InChI is InChI=1S/C19H19FN6O2/c20-14-9-12(3-4-13(14)19(27)26-5-7-28-8-6-26)22-18-16-15(10-21-25-16)23-17(24-18)11-1-2-11/h3-4,9-11H,1-2,5-8H2,(H,21,25)(H,22,23,24). The lowest BCUT2D eigenvalue weighted by Crippen LogP contribution is -2.41. The van der Waals surface area contributed by atoms with Crippen molar-refractivity contribution in [2.45, 2.75) is 18.8 Å². The summed E-state index contributed by atoms with van der Waals surface area (Å²) >= 11 is 0. The van der Waals surface area contributed by atoms with Crippen LogP contribution in [0.2, 0.25) is 0 Å². The minimum absolute atomic E-state index is 0.0560. The molecule has 0 atom stereocenters. The number of aromatic amines is 1. The Hall–Kier alpha value is -3.07. The normalized spacial score (nSPS) is 17.1. The molecule has 0 spiro atoms. The topological polar surface area (TPSA) is 96.0 Å². The Bertz CT molecular complexity index is 1040. The van der Waals surface area contributed by atoms with E-state index in [2.05, 4.69) is 25.5 Å². The molecule has 2 aliphatic rings. The Morgan fingerprint density at radius 2 is 2.07 bits per heavy atom. The summed E-state index contributed by atoms with van der Waals surface area (Å²) in [6.45, 7) is 1.90. The summed E-state index contributed by atoms with van der Waals surface area (Å²) in [7, 11) is 0. The second kappa shape index (κ2) is 6.83. The van der Waals surface area contributed by atoms with E-state index in [1.165, 1.54) is 12.1 Å². The molecule has 1 aromatic carbocycles. The van der Waals surface area contributed by atoms with Gasteiger partial charge in [0.1, 0.15) is 22.7 Å². The number of benzene rings is 1. The molecule has 0 unspecified atom stereocenters. The molecular weight excluding hydrogens is 363 g/mol. The molecule has 2 fully saturated rings. The van der Waals surface area contributed by atoms with Gasteiger partial charge < -0.3 is 15.0 Å². The quantitative estimate of drug-likeness (QED) is 0.720. The summed E-state index contributed by atoms with van der Waals surface area (Å²) in [5.41, 5.74) is 1.95. The maximum absolute atomic E-state index is 14.7. The molecule has 0 radical (unpaired) electrons. The van der Waals surface area contributed by atoms with Crippen molar-refractivity contribution in [2.75, 3.05) is 31.6 Å². The minimum Gasteiger partial charge on any atom is -0.378 e. The lowest BCUT2D eigenvalue weighted by molar-refractivity contribution is 0.0300. The first-order valence-electron chi connectivity index (χ1n) is 9.33. The molecule has 3 aromatic rings. The molecule has 8 nitrogen and oxygen atoms in total. The average Bonchev–Trinajstić information content (AvgIpc) is 3.46. The maximum Gasteiger partial charge on any atom is 0.256 e. The highest BCUT2D eigenvalue weighted by Gasteiger charge is 2.28. The van der Waals surface area contributed by atoms with Crippen molar-refractivity contribution in [1.82, 2.24) is 25.1 Å². The van der Waals surface area contributed by atoms with Gasteiger partial charge in [-0.1, -0.05) is 0 Å². The van der Waals surface area contributed by atoms with Crippen molar-refractivity contribution in [2.24, 2.45) is 0 Å². The molecular formula is C19H19FN6O2. The second-order valence-corrected chi connectivity index (χ2v) is 7.06. The lowest BCUT2D eigenvalue weighted by Gasteiger charge is -2.27. The molecule has 28 heavy (non-hydrogen) atoms. The van der Waals surface area contributed by atoms with E-state index in [9.17, 15) is 9.18 Å². The average molecular weight is 382 g/mol. The van der Waals surface area contributed by atoms with Crippen LogP contribution in [0.25, 0.3) is 11.0 Å². The molecule has 1 amide bonds. The molecule has 1 saturated heterocycles. The van der Waals surface area contributed by atoms with Crippen LogP contribution in [0, 0.1) is 5.82 Å². The lowest BCUT2D eigenvalue weighted by atomic mass is 10.1. The number of fused-ring (bicyclic) bond motifs is 1. The number of amides is 1. The van der Waals surface area contributed by atoms with Crippen molar-refractivity contribution < 1.29 is 13.9 Å². The van der Waals surface area contributed by atoms with Crippen molar-refractivity contribution >= 4 is 28.4 Å². The Labute approximate surface area is 160 Å². The van der Waals surface area contributed by atoms with Crippen molar-refractivity contribution in [3.63, 3.8) is 0 Å². The number of aromatic nitrogens is 4. The fourth-order valence-corrected chi connectivity index (χ4v) is 3.31. The van der Waals surface area contributed by atoms with Gasteiger partial charge in [-0.15, -0.1) is 0 Å². The van der Waals surface area contributed by atoms with Gasteiger partial charge in [0.2, 0.25) is 0 Å². The number of anilines is 2. The SMILES string of the molecule is O=C(c1ccc(Nc2nc(C3CC3)nc3cn[nH]c23)cc1F)N1CCOCC1. The number of carbonyl (C=O) groups is 1. The third kappa shape index (κ3) is 3.18. The highest BCUT2D eigenvalue weighted by molar-refractivity contribution is 5.95. The fourth-order valence-electron chi connectivity index (χ4n) is 3.31. The van der Waals surface area contributed by atoms with E-state index in [0.29, 0.717) is 49.2 Å². The molecule has 3 heterocycles. The van der Waals surface area contributed by atoms with Crippen LogP contribution >= 0.6 is 0 Å². The number of morpholine rings is 1. The molecule has 2 N–H and O–H groups in total. The Morgan fingerprint density at radius 3 is 2.82 bits per heavy atom. The van der Waals surface area contributed by atoms with Gasteiger partial charge in [0.25, 0.3) is 5.91 Å². The van der Waals surface area contributed by atoms with Crippen LogP contribution in [0.3, 0.4) is 0 Å². The van der Waals surface area contributed by atoms with E-state index in [1.54, 1.807) is 17.2 Å². The van der Waals surface area contributed by atoms with Crippen LogP contribution in [-0.2, 0) is 4.74 Å². The molecule has 0 bridgehead atoms. The van der Waals surface area contributed by atoms with Crippen molar-refractivity contribution in [3.8, 4) is 0 Å². The molecule has 9 heteroatoms. The van der Waals surface area contributed by atoms with Gasteiger partial charge in [-0.05, 0) is 31.0 Å². The summed E-state index contributed by atoms with van der Waals surface area (Å²) in [4.78, 5) is 23.3. The summed E-state index contributed by atoms with van der Waals surface area (Å²) in [5, 5.41) is 10.0. The molecule has 2 aromatic heterocycles. The molecule has 5 rings (SSSR count). The highest BCUT2D eigenvalue weighted by atomic mass is 19.1. The number of hydrogen-bond donors (Lipinski definition) is 2. The summed E-state index contributed by atoms with van der Waals surface area (Å²) < 4.78 is 19.9. The highest BCUT2D eigenvalue weighted by Crippen LogP contribution is 2.39. The van der Waals surface area contributed by atoms with Gasteiger partial charge in [0, 0.05) is 24.7 Å². The monoisotopic (exact) mass is 382 g/mol. The van der Waals surface area contributed by atoms with Crippen LogP contribution in [0.15, 0.2) is 24.4 Å². The number of ether oxygens (including phenoxy) is 1. The number of H-pyrrole nitrogens is 1. The van der Waals surface area contributed by atoms with Crippen molar-refractivity contribution in [1.29, 1.82) is 0 Å². The third-order valence-corrected chi connectivity index (χ3v) is 5.02. The number of nitrogens with one attached hydrogen (secondary N) is 2. The van der Waals surface area contributed by atoms with E-state index in [0.717, 1.165) is 24.2 Å². The number of nitrogens with zero attached hydrogens (tertiary/aromatic N) is 4. The summed E-state index contributed by atoms with van der Waals surface area (Å²) in [5.74, 6) is 0.817. The first-order valence-corrected chi connectivity index (χ1v) is 9.33. The number of carbonyl (C=O) groups excluding carboxylic acids is 1. The zero-order valence-corrected chi connectivity index (χ0v) is 15.1. The minimum atomic E-state index is -0.571. The van der Waals surface area contributed by atoms with E-state index in [4.69, 9.17) is 4.74 Å². The fraction of sp³-hybridized carbons (Fsp3) is 0.368.